The Bertz CT molecular complexity index is 447. The molecule has 0 bridgehead atoms. The van der Waals surface area contributed by atoms with Crippen LogP contribution in [0.4, 0.5) is 0 Å². The van der Waals surface area contributed by atoms with Crippen LogP contribution in [0.3, 0.4) is 0 Å². The second-order valence-corrected chi connectivity index (χ2v) is 4.00. The highest BCUT2D eigenvalue weighted by atomic mass is 32.1. The van der Waals surface area contributed by atoms with Gasteiger partial charge in [0.2, 0.25) is 0 Å². The van der Waals surface area contributed by atoms with E-state index in [1.807, 2.05) is 23.8 Å². The SMILES string of the molecule is Cc1[nH]ncc1C(=O)NCc1ccsc1. The molecule has 15 heavy (non-hydrogen) atoms. The Balaban J connectivity index is 1.96. The molecule has 0 aliphatic heterocycles. The molecule has 0 saturated heterocycles. The summed E-state index contributed by atoms with van der Waals surface area (Å²) in [7, 11) is 0. The van der Waals surface area contributed by atoms with Crippen molar-refractivity contribution in [3.63, 3.8) is 0 Å². The number of thiophene rings is 1. The Labute approximate surface area is 91.3 Å². The highest BCUT2D eigenvalue weighted by Gasteiger charge is 2.09. The summed E-state index contributed by atoms with van der Waals surface area (Å²) in [4.78, 5) is 11.7. The molecule has 2 heterocycles. The van der Waals surface area contributed by atoms with Crippen molar-refractivity contribution < 1.29 is 4.79 Å². The Morgan fingerprint density at radius 3 is 3.13 bits per heavy atom. The molecule has 1 amide bonds. The maximum absolute atomic E-state index is 11.7. The lowest BCUT2D eigenvalue weighted by Gasteiger charge is -2.01. The van der Waals surface area contributed by atoms with E-state index < -0.39 is 0 Å². The summed E-state index contributed by atoms with van der Waals surface area (Å²) in [6.07, 6.45) is 1.54. The minimum atomic E-state index is -0.0903. The van der Waals surface area contributed by atoms with Crippen LogP contribution in [-0.4, -0.2) is 16.1 Å². The third-order valence-corrected chi connectivity index (χ3v) is 2.84. The van der Waals surface area contributed by atoms with E-state index in [9.17, 15) is 4.79 Å². The van der Waals surface area contributed by atoms with Gasteiger partial charge in [-0.2, -0.15) is 16.4 Å². The molecule has 4 nitrogen and oxygen atoms in total. The minimum Gasteiger partial charge on any atom is -0.348 e. The van der Waals surface area contributed by atoms with Gasteiger partial charge in [-0.05, 0) is 29.3 Å². The third kappa shape index (κ3) is 2.24. The fraction of sp³-hybridized carbons (Fsp3) is 0.200. The Kier molecular flexibility index (Phi) is 2.82. The lowest BCUT2D eigenvalue weighted by atomic mass is 10.2. The third-order valence-electron chi connectivity index (χ3n) is 2.11. The number of aromatic amines is 1. The van der Waals surface area contributed by atoms with E-state index in [-0.39, 0.29) is 5.91 Å². The molecule has 0 aliphatic rings. The molecule has 2 aromatic rings. The van der Waals surface area contributed by atoms with Crippen molar-refractivity contribution in [2.45, 2.75) is 13.5 Å². The molecule has 2 rings (SSSR count). The van der Waals surface area contributed by atoms with Gasteiger partial charge in [-0.25, -0.2) is 0 Å². The van der Waals surface area contributed by atoms with Crippen LogP contribution >= 0.6 is 11.3 Å². The fourth-order valence-electron chi connectivity index (χ4n) is 1.25. The molecule has 0 spiro atoms. The number of hydrogen-bond acceptors (Lipinski definition) is 3. The van der Waals surface area contributed by atoms with Gasteiger partial charge in [0, 0.05) is 12.2 Å². The number of aryl methyl sites for hydroxylation is 1. The predicted molar refractivity (Wildman–Crippen MR) is 58.8 cm³/mol. The van der Waals surface area contributed by atoms with Gasteiger partial charge in [0.25, 0.3) is 5.91 Å². The van der Waals surface area contributed by atoms with Crippen molar-refractivity contribution in [1.82, 2.24) is 15.5 Å². The van der Waals surface area contributed by atoms with Gasteiger partial charge in [-0.3, -0.25) is 9.89 Å². The first-order chi connectivity index (χ1) is 7.27. The minimum absolute atomic E-state index is 0.0903. The van der Waals surface area contributed by atoms with Crippen molar-refractivity contribution >= 4 is 17.2 Å². The van der Waals surface area contributed by atoms with E-state index >= 15 is 0 Å². The standard InChI is InChI=1S/C10H11N3OS/c1-7-9(5-12-13-7)10(14)11-4-8-2-3-15-6-8/h2-3,5-6H,4H2,1H3,(H,11,14)(H,12,13). The lowest BCUT2D eigenvalue weighted by Crippen LogP contribution is -2.22. The molecule has 78 valence electrons. The summed E-state index contributed by atoms with van der Waals surface area (Å²) in [5.41, 5.74) is 2.51. The zero-order valence-electron chi connectivity index (χ0n) is 8.28. The number of nitrogens with one attached hydrogen (secondary N) is 2. The molecular weight excluding hydrogens is 210 g/mol. The molecule has 0 atom stereocenters. The van der Waals surface area contributed by atoms with Crippen LogP contribution < -0.4 is 5.32 Å². The van der Waals surface area contributed by atoms with Crippen LogP contribution in [0.5, 0.6) is 0 Å². The number of amides is 1. The molecule has 5 heteroatoms. The average molecular weight is 221 g/mol. The normalized spacial score (nSPS) is 10.2. The van der Waals surface area contributed by atoms with Crippen LogP contribution in [0.15, 0.2) is 23.0 Å². The van der Waals surface area contributed by atoms with Gasteiger partial charge >= 0.3 is 0 Å². The predicted octanol–water partition coefficient (Wildman–Crippen LogP) is 1.71. The van der Waals surface area contributed by atoms with Crippen molar-refractivity contribution in [3.05, 3.63) is 39.8 Å². The van der Waals surface area contributed by atoms with E-state index in [0.717, 1.165) is 11.3 Å². The Hall–Kier alpha value is -1.62. The smallest absolute Gasteiger partial charge is 0.255 e. The molecule has 0 aliphatic carbocycles. The maximum Gasteiger partial charge on any atom is 0.255 e. The zero-order valence-corrected chi connectivity index (χ0v) is 9.10. The summed E-state index contributed by atoms with van der Waals surface area (Å²) < 4.78 is 0. The van der Waals surface area contributed by atoms with Crippen molar-refractivity contribution in [2.24, 2.45) is 0 Å². The number of rotatable bonds is 3. The first kappa shape index (κ1) is 9.92. The van der Waals surface area contributed by atoms with Gasteiger partial charge in [0.1, 0.15) is 0 Å². The highest BCUT2D eigenvalue weighted by Crippen LogP contribution is 2.06. The van der Waals surface area contributed by atoms with Crippen LogP contribution in [0.25, 0.3) is 0 Å². The summed E-state index contributed by atoms with van der Waals surface area (Å²) >= 11 is 1.62. The molecule has 0 saturated carbocycles. The number of H-pyrrole nitrogens is 1. The monoisotopic (exact) mass is 221 g/mol. The van der Waals surface area contributed by atoms with Gasteiger partial charge in [-0.1, -0.05) is 0 Å². The van der Waals surface area contributed by atoms with Gasteiger partial charge in [0.15, 0.2) is 0 Å². The van der Waals surface area contributed by atoms with E-state index in [1.165, 1.54) is 6.20 Å². The summed E-state index contributed by atoms with van der Waals surface area (Å²) in [6, 6.07) is 1.99. The summed E-state index contributed by atoms with van der Waals surface area (Å²) in [6.45, 7) is 2.39. The summed E-state index contributed by atoms with van der Waals surface area (Å²) in [5, 5.41) is 13.4. The second kappa shape index (κ2) is 4.27. The second-order valence-electron chi connectivity index (χ2n) is 3.22. The molecule has 2 N–H and O–H groups in total. The molecule has 0 aromatic carbocycles. The maximum atomic E-state index is 11.7. The van der Waals surface area contributed by atoms with Crippen molar-refractivity contribution in [3.8, 4) is 0 Å². The van der Waals surface area contributed by atoms with E-state index in [4.69, 9.17) is 0 Å². The number of carbonyl (C=O) groups excluding carboxylic acids is 1. The first-order valence-electron chi connectivity index (χ1n) is 4.56. The van der Waals surface area contributed by atoms with Crippen LogP contribution in [-0.2, 0) is 6.54 Å². The number of nitrogens with zero attached hydrogens (tertiary/aromatic N) is 1. The number of aromatic nitrogens is 2. The number of hydrogen-bond donors (Lipinski definition) is 2. The molecule has 2 aromatic heterocycles. The van der Waals surface area contributed by atoms with Gasteiger partial charge in [0.05, 0.1) is 11.8 Å². The number of carbonyl (C=O) groups is 1. The van der Waals surface area contributed by atoms with E-state index in [2.05, 4.69) is 15.5 Å². The molecule has 0 fully saturated rings. The van der Waals surface area contributed by atoms with Gasteiger partial charge in [-0.15, -0.1) is 0 Å². The topological polar surface area (TPSA) is 57.8 Å². The largest absolute Gasteiger partial charge is 0.348 e. The molecule has 0 radical (unpaired) electrons. The van der Waals surface area contributed by atoms with Crippen molar-refractivity contribution in [1.29, 1.82) is 0 Å². The van der Waals surface area contributed by atoms with Crippen LogP contribution in [0.1, 0.15) is 21.6 Å². The van der Waals surface area contributed by atoms with E-state index in [0.29, 0.717) is 12.1 Å². The lowest BCUT2D eigenvalue weighted by molar-refractivity contribution is 0.0950. The molecular formula is C10H11N3OS. The average Bonchev–Trinajstić information content (AvgIpc) is 2.84. The Morgan fingerprint density at radius 1 is 1.67 bits per heavy atom. The van der Waals surface area contributed by atoms with Crippen molar-refractivity contribution in [2.75, 3.05) is 0 Å². The first-order valence-corrected chi connectivity index (χ1v) is 5.51. The Morgan fingerprint density at radius 2 is 2.53 bits per heavy atom. The van der Waals surface area contributed by atoms with Gasteiger partial charge < -0.3 is 5.32 Å². The quantitative estimate of drug-likeness (QED) is 0.829. The molecule has 0 unspecified atom stereocenters. The fourth-order valence-corrected chi connectivity index (χ4v) is 1.92. The highest BCUT2D eigenvalue weighted by molar-refractivity contribution is 7.07. The van der Waals surface area contributed by atoms with Crippen LogP contribution in [0, 0.1) is 6.92 Å². The van der Waals surface area contributed by atoms with Crippen LogP contribution in [0.2, 0.25) is 0 Å². The summed E-state index contributed by atoms with van der Waals surface area (Å²) in [5.74, 6) is -0.0903. The zero-order chi connectivity index (χ0) is 10.7. The van der Waals surface area contributed by atoms with E-state index in [1.54, 1.807) is 11.3 Å².